The van der Waals surface area contributed by atoms with Gasteiger partial charge in [-0.15, -0.1) is 22.7 Å². The Kier molecular flexibility index (Phi) is 7.42. The standard InChI is InChI=1S/C15H18ClN5OS.C9H8ClN3S/c16-13-12-10-2-6-20(4-1-5-21-7-3-17-15(21)22)8-11(10)23-14(12)19-9-18-13;10-8-7-5-1-2-11-3-6(5)14-9(7)13-4-12-8/h9H,1-8H2,(H,17,22);4,11H,1-3H2. The number of hydrogen-bond donors (Lipinski definition) is 2. The number of amides is 2. The minimum atomic E-state index is 0.0728. The number of nitrogens with one attached hydrogen (secondary N) is 2. The summed E-state index contributed by atoms with van der Waals surface area (Å²) in [5, 5.41) is 9.45. The van der Waals surface area contributed by atoms with E-state index in [1.54, 1.807) is 22.7 Å². The van der Waals surface area contributed by atoms with Gasteiger partial charge in [-0.25, -0.2) is 24.7 Å². The second kappa shape index (κ2) is 10.9. The Morgan fingerprint density at radius 3 is 2.27 bits per heavy atom. The molecule has 2 amide bonds. The maximum Gasteiger partial charge on any atom is 0.317 e. The molecular formula is C24H26Cl2N8OS2. The van der Waals surface area contributed by atoms with Crippen LogP contribution in [0.15, 0.2) is 12.7 Å². The minimum absolute atomic E-state index is 0.0728. The fraction of sp³-hybridized carbons (Fsp3) is 0.458. The normalized spacial score (nSPS) is 17.5. The third-order valence-electron chi connectivity index (χ3n) is 6.98. The van der Waals surface area contributed by atoms with Gasteiger partial charge in [-0.2, -0.15) is 0 Å². The number of fused-ring (bicyclic) bond motifs is 6. The van der Waals surface area contributed by atoms with Crippen LogP contribution >= 0.6 is 45.9 Å². The quantitative estimate of drug-likeness (QED) is 0.353. The highest BCUT2D eigenvalue weighted by Crippen LogP contribution is 2.37. The molecule has 0 aromatic carbocycles. The van der Waals surface area contributed by atoms with E-state index in [2.05, 4.69) is 35.5 Å². The lowest BCUT2D eigenvalue weighted by Gasteiger charge is -2.27. The number of hydrogen-bond acceptors (Lipinski definition) is 9. The molecular weight excluding hydrogens is 551 g/mol. The summed E-state index contributed by atoms with van der Waals surface area (Å²) in [4.78, 5) is 37.3. The van der Waals surface area contributed by atoms with Crippen LogP contribution in [0.3, 0.4) is 0 Å². The molecule has 2 N–H and O–H groups in total. The predicted octanol–water partition coefficient (Wildman–Crippen LogP) is 4.11. The van der Waals surface area contributed by atoms with Crippen molar-refractivity contribution in [2.45, 2.75) is 32.4 Å². The molecule has 4 aromatic rings. The van der Waals surface area contributed by atoms with Crippen LogP contribution in [0.5, 0.6) is 0 Å². The fourth-order valence-electron chi connectivity index (χ4n) is 5.16. The highest BCUT2D eigenvalue weighted by atomic mass is 35.5. The molecule has 7 rings (SSSR count). The molecule has 0 atom stereocenters. The zero-order valence-electron chi connectivity index (χ0n) is 20.1. The zero-order chi connectivity index (χ0) is 25.4. The lowest BCUT2D eigenvalue weighted by Crippen LogP contribution is -2.34. The topological polar surface area (TPSA) is 99.2 Å². The first-order valence-corrected chi connectivity index (χ1v) is 14.7. The smallest absolute Gasteiger partial charge is 0.317 e. The van der Waals surface area contributed by atoms with Crippen molar-refractivity contribution >= 4 is 72.3 Å². The molecule has 194 valence electrons. The number of aromatic nitrogens is 4. The number of carbonyl (C=O) groups is 1. The van der Waals surface area contributed by atoms with Gasteiger partial charge in [0.05, 0.1) is 10.8 Å². The van der Waals surface area contributed by atoms with E-state index in [-0.39, 0.29) is 6.03 Å². The highest BCUT2D eigenvalue weighted by molar-refractivity contribution is 7.19. The number of halogens is 2. The first-order valence-electron chi connectivity index (χ1n) is 12.4. The van der Waals surface area contributed by atoms with Crippen molar-refractivity contribution in [2.75, 3.05) is 39.3 Å². The summed E-state index contributed by atoms with van der Waals surface area (Å²) in [5.41, 5.74) is 2.67. The van der Waals surface area contributed by atoms with Gasteiger partial charge in [0.2, 0.25) is 0 Å². The molecule has 1 saturated heterocycles. The second-order valence-electron chi connectivity index (χ2n) is 9.22. The number of carbonyl (C=O) groups excluding carboxylic acids is 1. The Morgan fingerprint density at radius 1 is 0.865 bits per heavy atom. The summed E-state index contributed by atoms with van der Waals surface area (Å²) in [7, 11) is 0. The van der Waals surface area contributed by atoms with Crippen LogP contribution in [0.4, 0.5) is 4.79 Å². The summed E-state index contributed by atoms with van der Waals surface area (Å²) >= 11 is 15.8. The third kappa shape index (κ3) is 5.13. The van der Waals surface area contributed by atoms with Crippen LogP contribution in [0.1, 0.15) is 27.3 Å². The van der Waals surface area contributed by atoms with Crippen molar-refractivity contribution in [1.82, 2.24) is 40.4 Å². The molecule has 0 unspecified atom stereocenters. The molecule has 3 aliphatic rings. The molecule has 9 nitrogen and oxygen atoms in total. The van der Waals surface area contributed by atoms with E-state index in [4.69, 9.17) is 23.2 Å². The van der Waals surface area contributed by atoms with E-state index in [0.29, 0.717) is 10.3 Å². The van der Waals surface area contributed by atoms with Crippen molar-refractivity contribution in [2.24, 2.45) is 0 Å². The third-order valence-corrected chi connectivity index (χ3v) is 9.82. The second-order valence-corrected chi connectivity index (χ2v) is 12.1. The maximum atomic E-state index is 11.5. The van der Waals surface area contributed by atoms with E-state index in [0.717, 1.165) is 92.1 Å². The molecule has 0 aliphatic carbocycles. The SMILES string of the molecule is Clc1ncnc2sc3c(c12)CCNC3.O=C1NCCN1CCCN1CCc2c(sc3ncnc(Cl)c23)C1. The van der Waals surface area contributed by atoms with Crippen LogP contribution in [0.25, 0.3) is 20.4 Å². The van der Waals surface area contributed by atoms with Crippen molar-refractivity contribution in [3.05, 3.63) is 43.8 Å². The van der Waals surface area contributed by atoms with Crippen LogP contribution in [-0.4, -0.2) is 75.0 Å². The monoisotopic (exact) mass is 576 g/mol. The molecule has 13 heteroatoms. The maximum absolute atomic E-state index is 11.5. The predicted molar refractivity (Wildman–Crippen MR) is 149 cm³/mol. The summed E-state index contributed by atoms with van der Waals surface area (Å²) < 4.78 is 0. The first-order chi connectivity index (χ1) is 18.1. The van der Waals surface area contributed by atoms with E-state index in [1.165, 1.54) is 33.5 Å². The van der Waals surface area contributed by atoms with E-state index in [1.807, 2.05) is 4.90 Å². The van der Waals surface area contributed by atoms with Crippen LogP contribution in [0.2, 0.25) is 10.3 Å². The average Bonchev–Trinajstić information content (AvgIpc) is 3.59. The van der Waals surface area contributed by atoms with Crippen LogP contribution < -0.4 is 10.6 Å². The van der Waals surface area contributed by atoms with Crippen molar-refractivity contribution in [3.63, 3.8) is 0 Å². The average molecular weight is 578 g/mol. The summed E-state index contributed by atoms with van der Waals surface area (Å²) in [5.74, 6) is 0. The lowest BCUT2D eigenvalue weighted by molar-refractivity contribution is 0.207. The Labute approximate surface area is 232 Å². The van der Waals surface area contributed by atoms with E-state index >= 15 is 0 Å². The number of rotatable bonds is 4. The van der Waals surface area contributed by atoms with Gasteiger partial charge in [-0.3, -0.25) is 4.90 Å². The largest absolute Gasteiger partial charge is 0.336 e. The summed E-state index contributed by atoms with van der Waals surface area (Å²) in [6.07, 6.45) is 6.09. The van der Waals surface area contributed by atoms with Gasteiger partial charge in [0, 0.05) is 55.6 Å². The van der Waals surface area contributed by atoms with Gasteiger partial charge >= 0.3 is 6.03 Å². The van der Waals surface area contributed by atoms with Crippen LogP contribution in [-0.2, 0) is 25.9 Å². The molecule has 0 spiro atoms. The van der Waals surface area contributed by atoms with E-state index < -0.39 is 0 Å². The number of urea groups is 1. The Bertz CT molecular complexity index is 1460. The fourth-order valence-corrected chi connectivity index (χ4v) is 8.16. The Balaban J connectivity index is 0.000000153. The van der Waals surface area contributed by atoms with Gasteiger partial charge in [0.25, 0.3) is 0 Å². The van der Waals surface area contributed by atoms with Crippen LogP contribution in [0, 0.1) is 0 Å². The summed E-state index contributed by atoms with van der Waals surface area (Å²) in [6, 6.07) is 0.0728. The van der Waals surface area contributed by atoms with Crippen molar-refractivity contribution in [3.8, 4) is 0 Å². The van der Waals surface area contributed by atoms with Gasteiger partial charge in [-0.1, -0.05) is 23.2 Å². The molecule has 0 radical (unpaired) electrons. The number of thiophene rings is 2. The molecule has 4 aromatic heterocycles. The van der Waals surface area contributed by atoms with Gasteiger partial charge < -0.3 is 15.5 Å². The van der Waals surface area contributed by atoms with E-state index in [9.17, 15) is 4.79 Å². The zero-order valence-corrected chi connectivity index (χ0v) is 23.2. The molecule has 1 fully saturated rings. The Hall–Kier alpha value is -2.15. The lowest BCUT2D eigenvalue weighted by atomic mass is 10.1. The Morgan fingerprint density at radius 2 is 1.57 bits per heavy atom. The summed E-state index contributed by atoms with van der Waals surface area (Å²) in [6.45, 7) is 7.37. The molecule has 3 aliphatic heterocycles. The molecule has 0 saturated carbocycles. The minimum Gasteiger partial charge on any atom is -0.336 e. The van der Waals surface area contributed by atoms with Gasteiger partial charge in [0.15, 0.2) is 0 Å². The number of nitrogens with zero attached hydrogens (tertiary/aromatic N) is 6. The molecule has 7 heterocycles. The van der Waals surface area contributed by atoms with Crippen molar-refractivity contribution in [1.29, 1.82) is 0 Å². The highest BCUT2D eigenvalue weighted by Gasteiger charge is 2.24. The van der Waals surface area contributed by atoms with Gasteiger partial charge in [0.1, 0.15) is 32.6 Å². The first kappa shape index (κ1) is 25.1. The van der Waals surface area contributed by atoms with Gasteiger partial charge in [-0.05, 0) is 36.9 Å². The molecule has 0 bridgehead atoms. The van der Waals surface area contributed by atoms with Crippen molar-refractivity contribution < 1.29 is 4.79 Å². The molecule has 37 heavy (non-hydrogen) atoms.